The molecular weight excluding hydrogens is 398 g/mol. The zero-order chi connectivity index (χ0) is 20.9. The molecule has 0 saturated heterocycles. The van der Waals surface area contributed by atoms with Crippen LogP contribution in [0.3, 0.4) is 0 Å². The molecule has 1 amide bonds. The van der Waals surface area contributed by atoms with E-state index in [1.807, 2.05) is 62.4 Å². The van der Waals surface area contributed by atoms with Crippen LogP contribution in [0.4, 0.5) is 0 Å². The number of thiazole rings is 1. The molecule has 7 nitrogen and oxygen atoms in total. The predicted molar refractivity (Wildman–Crippen MR) is 116 cm³/mol. The first-order valence-electron chi connectivity index (χ1n) is 9.53. The number of rotatable bonds is 7. The van der Waals surface area contributed by atoms with Crippen LogP contribution in [0.2, 0.25) is 0 Å². The number of carbonyl (C=O) groups is 1. The van der Waals surface area contributed by atoms with Crippen LogP contribution in [-0.2, 0) is 6.54 Å². The van der Waals surface area contributed by atoms with Crippen LogP contribution in [0.5, 0.6) is 5.75 Å². The molecule has 0 aliphatic heterocycles. The Hall–Kier alpha value is -3.52. The lowest BCUT2D eigenvalue weighted by Gasteiger charge is -2.09. The van der Waals surface area contributed by atoms with Crippen LogP contribution in [-0.4, -0.2) is 31.8 Å². The van der Waals surface area contributed by atoms with Gasteiger partial charge in [-0.05, 0) is 55.8 Å². The summed E-state index contributed by atoms with van der Waals surface area (Å²) in [6.07, 6.45) is 3.26. The maximum absolute atomic E-state index is 12.5. The van der Waals surface area contributed by atoms with E-state index >= 15 is 0 Å². The van der Waals surface area contributed by atoms with E-state index < -0.39 is 0 Å². The molecule has 2 aromatic carbocycles. The molecule has 0 fully saturated rings. The highest BCUT2D eigenvalue weighted by molar-refractivity contribution is 7.13. The van der Waals surface area contributed by atoms with Crippen molar-refractivity contribution in [3.63, 3.8) is 0 Å². The summed E-state index contributed by atoms with van der Waals surface area (Å²) >= 11 is 1.44. The summed E-state index contributed by atoms with van der Waals surface area (Å²) in [6.45, 7) is 4.40. The monoisotopic (exact) mass is 419 g/mol. The smallest absolute Gasteiger partial charge is 0.271 e. The lowest BCUT2D eigenvalue weighted by atomic mass is 10.2. The van der Waals surface area contributed by atoms with E-state index in [1.54, 1.807) is 16.4 Å². The summed E-state index contributed by atoms with van der Waals surface area (Å²) < 4.78 is 7.34. The predicted octanol–water partition coefficient (Wildman–Crippen LogP) is 4.11. The van der Waals surface area contributed by atoms with E-state index in [9.17, 15) is 4.79 Å². The first-order chi connectivity index (χ1) is 14.6. The maximum atomic E-state index is 12.5. The lowest BCUT2D eigenvalue weighted by Crippen LogP contribution is -2.23. The van der Waals surface area contributed by atoms with Crippen LogP contribution in [0.25, 0.3) is 16.3 Å². The molecule has 0 saturated carbocycles. The van der Waals surface area contributed by atoms with E-state index in [1.165, 1.54) is 17.7 Å². The molecular formula is C22H21N5O2S. The topological polar surface area (TPSA) is 81.9 Å². The first-order valence-corrected chi connectivity index (χ1v) is 10.4. The third-order valence-corrected chi connectivity index (χ3v) is 5.17. The Morgan fingerprint density at radius 3 is 2.57 bits per heavy atom. The van der Waals surface area contributed by atoms with Gasteiger partial charge in [0, 0.05) is 17.5 Å². The highest BCUT2D eigenvalue weighted by atomic mass is 32.1. The van der Waals surface area contributed by atoms with Gasteiger partial charge in [-0.2, -0.15) is 5.10 Å². The Kier molecular flexibility index (Phi) is 5.85. The molecule has 152 valence electrons. The minimum Gasteiger partial charge on any atom is -0.491 e. The van der Waals surface area contributed by atoms with E-state index in [0.29, 0.717) is 12.2 Å². The quantitative estimate of drug-likeness (QED) is 0.488. The molecule has 0 spiro atoms. The molecule has 1 N–H and O–H groups in total. The Bertz CT molecular complexity index is 1100. The zero-order valence-corrected chi connectivity index (χ0v) is 17.5. The third kappa shape index (κ3) is 4.72. The second kappa shape index (κ2) is 8.87. The Morgan fingerprint density at radius 1 is 1.13 bits per heavy atom. The molecule has 2 heterocycles. The lowest BCUT2D eigenvalue weighted by molar-refractivity contribution is 0.0946. The van der Waals surface area contributed by atoms with Gasteiger partial charge in [-0.15, -0.1) is 11.3 Å². The van der Waals surface area contributed by atoms with Gasteiger partial charge in [0.25, 0.3) is 5.91 Å². The van der Waals surface area contributed by atoms with Crippen molar-refractivity contribution in [3.8, 4) is 22.0 Å². The van der Waals surface area contributed by atoms with Crippen LogP contribution in [0, 0.1) is 0 Å². The number of nitrogens with zero attached hydrogens (tertiary/aromatic N) is 4. The van der Waals surface area contributed by atoms with Crippen molar-refractivity contribution in [1.29, 1.82) is 0 Å². The summed E-state index contributed by atoms with van der Waals surface area (Å²) in [5.41, 5.74) is 3.27. The molecule has 0 unspecified atom stereocenters. The van der Waals surface area contributed by atoms with E-state index in [0.717, 1.165) is 27.6 Å². The van der Waals surface area contributed by atoms with Gasteiger partial charge in [0.05, 0.1) is 11.8 Å². The second-order valence-electron chi connectivity index (χ2n) is 6.92. The Morgan fingerprint density at radius 2 is 1.90 bits per heavy atom. The van der Waals surface area contributed by atoms with Crippen molar-refractivity contribution >= 4 is 17.2 Å². The standard InChI is InChI=1S/C22H21N5O2S/c1-15(2)29-19-9-5-17(6-10-19)22-26-20(12-30-22)21(28)24-11-16-3-7-18(8-4-16)27-14-23-13-25-27/h3-10,12-15H,11H2,1-2H3,(H,24,28). The molecule has 0 atom stereocenters. The van der Waals surface area contributed by atoms with Crippen molar-refractivity contribution in [2.45, 2.75) is 26.5 Å². The summed E-state index contributed by atoms with van der Waals surface area (Å²) in [6, 6.07) is 15.5. The number of nitrogens with one attached hydrogen (secondary N) is 1. The van der Waals surface area contributed by atoms with Crippen molar-refractivity contribution in [3.05, 3.63) is 77.8 Å². The maximum Gasteiger partial charge on any atom is 0.271 e. The van der Waals surface area contributed by atoms with Gasteiger partial charge in [-0.25, -0.2) is 14.6 Å². The fourth-order valence-electron chi connectivity index (χ4n) is 2.84. The minimum atomic E-state index is -0.197. The molecule has 4 aromatic rings. The van der Waals surface area contributed by atoms with Crippen LogP contribution >= 0.6 is 11.3 Å². The van der Waals surface area contributed by atoms with E-state index in [2.05, 4.69) is 20.4 Å². The number of amides is 1. The normalized spacial score (nSPS) is 10.9. The molecule has 0 aliphatic rings. The zero-order valence-electron chi connectivity index (χ0n) is 16.6. The van der Waals surface area contributed by atoms with E-state index in [4.69, 9.17) is 4.74 Å². The molecule has 2 aromatic heterocycles. The number of carbonyl (C=O) groups excluding carboxylic acids is 1. The summed E-state index contributed by atoms with van der Waals surface area (Å²) in [5, 5.41) is 9.59. The fraction of sp³-hybridized carbons (Fsp3) is 0.182. The van der Waals surface area contributed by atoms with Gasteiger partial charge in [0.2, 0.25) is 0 Å². The van der Waals surface area contributed by atoms with Crippen LogP contribution in [0.15, 0.2) is 66.6 Å². The SMILES string of the molecule is CC(C)Oc1ccc(-c2nc(C(=O)NCc3ccc(-n4cncn4)cc3)cs2)cc1. The second-order valence-corrected chi connectivity index (χ2v) is 7.78. The third-order valence-electron chi connectivity index (χ3n) is 4.28. The average Bonchev–Trinajstić information content (AvgIpc) is 3.45. The van der Waals surface area contributed by atoms with Crippen molar-refractivity contribution in [2.75, 3.05) is 0 Å². The summed E-state index contributed by atoms with van der Waals surface area (Å²) in [7, 11) is 0. The number of aromatic nitrogens is 4. The van der Waals surface area contributed by atoms with Crippen molar-refractivity contribution in [2.24, 2.45) is 0 Å². The average molecular weight is 420 g/mol. The molecule has 0 aliphatic carbocycles. The fourth-order valence-corrected chi connectivity index (χ4v) is 3.65. The summed E-state index contributed by atoms with van der Waals surface area (Å²) in [5.74, 6) is 0.621. The van der Waals surface area contributed by atoms with Gasteiger partial charge in [-0.3, -0.25) is 4.79 Å². The van der Waals surface area contributed by atoms with Gasteiger partial charge < -0.3 is 10.1 Å². The molecule has 30 heavy (non-hydrogen) atoms. The van der Waals surface area contributed by atoms with Gasteiger partial charge >= 0.3 is 0 Å². The molecule has 0 radical (unpaired) electrons. The van der Waals surface area contributed by atoms with Gasteiger partial charge in [0.15, 0.2) is 0 Å². The molecule has 8 heteroatoms. The number of ether oxygens (including phenoxy) is 1. The Balaban J connectivity index is 1.36. The summed E-state index contributed by atoms with van der Waals surface area (Å²) in [4.78, 5) is 20.9. The highest BCUT2D eigenvalue weighted by Gasteiger charge is 2.12. The van der Waals surface area contributed by atoms with Crippen LogP contribution in [0.1, 0.15) is 29.9 Å². The minimum absolute atomic E-state index is 0.129. The van der Waals surface area contributed by atoms with Crippen molar-refractivity contribution in [1.82, 2.24) is 25.1 Å². The highest BCUT2D eigenvalue weighted by Crippen LogP contribution is 2.26. The number of hydrogen-bond donors (Lipinski definition) is 1. The number of benzene rings is 2. The first kappa shape index (κ1) is 19.8. The van der Waals surface area contributed by atoms with Gasteiger partial charge in [0.1, 0.15) is 29.1 Å². The molecule has 4 rings (SSSR count). The Labute approximate surface area is 178 Å². The molecule has 0 bridgehead atoms. The van der Waals surface area contributed by atoms with Crippen LogP contribution < -0.4 is 10.1 Å². The van der Waals surface area contributed by atoms with Gasteiger partial charge in [-0.1, -0.05) is 12.1 Å². The van der Waals surface area contributed by atoms with Crippen molar-refractivity contribution < 1.29 is 9.53 Å². The van der Waals surface area contributed by atoms with E-state index in [-0.39, 0.29) is 12.0 Å². The number of hydrogen-bond acceptors (Lipinski definition) is 6. The largest absolute Gasteiger partial charge is 0.491 e.